The van der Waals surface area contributed by atoms with E-state index in [4.69, 9.17) is 9.47 Å². The van der Waals surface area contributed by atoms with Gasteiger partial charge < -0.3 is 9.47 Å². The molecule has 0 aliphatic rings. The standard InChI is InChI=1S/C50H64O2/c1-3-5-7-15-33-51-35-17-11-9-13-19-39-21-25-43-41(37-39)23-27-47-45(43)29-31-50-48-28-24-42-38-40(22-26-44(42)46(48)30-32-49(47)50)20-14-10-12-18-36-52-34-16-8-6-4-2/h21-32,37-38H,3-20,33-36H2,1-2H3. The monoisotopic (exact) mass is 696 g/mol. The molecular weight excluding hydrogens is 633 g/mol. The smallest absolute Gasteiger partial charge is 0.0466 e. The molecule has 0 aliphatic carbocycles. The first-order valence-corrected chi connectivity index (χ1v) is 21.1. The van der Waals surface area contributed by atoms with Gasteiger partial charge in [0.25, 0.3) is 0 Å². The van der Waals surface area contributed by atoms with Gasteiger partial charge in [-0.25, -0.2) is 0 Å². The molecule has 0 N–H and O–H groups in total. The highest BCUT2D eigenvalue weighted by Gasteiger charge is 2.10. The molecule has 6 aromatic rings. The van der Waals surface area contributed by atoms with Crippen LogP contribution in [0.3, 0.4) is 0 Å². The van der Waals surface area contributed by atoms with Crippen LogP contribution in [0.15, 0.2) is 84.9 Å². The second-order valence-corrected chi connectivity index (χ2v) is 15.3. The van der Waals surface area contributed by atoms with E-state index in [1.165, 1.54) is 168 Å². The van der Waals surface area contributed by atoms with E-state index in [1.54, 1.807) is 0 Å². The molecule has 0 aliphatic heterocycles. The van der Waals surface area contributed by atoms with Gasteiger partial charge in [0.15, 0.2) is 0 Å². The van der Waals surface area contributed by atoms with Crippen molar-refractivity contribution in [1.29, 1.82) is 0 Å². The van der Waals surface area contributed by atoms with Crippen LogP contribution in [0.25, 0.3) is 53.9 Å². The molecule has 0 aromatic heterocycles. The van der Waals surface area contributed by atoms with E-state index >= 15 is 0 Å². The molecule has 6 rings (SSSR count). The lowest BCUT2D eigenvalue weighted by molar-refractivity contribution is 0.125. The number of ether oxygens (including phenoxy) is 2. The number of fused-ring (bicyclic) bond motifs is 9. The van der Waals surface area contributed by atoms with Crippen LogP contribution in [0.4, 0.5) is 0 Å². The minimum atomic E-state index is 0.924. The second-order valence-electron chi connectivity index (χ2n) is 15.3. The summed E-state index contributed by atoms with van der Waals surface area (Å²) in [7, 11) is 0. The fourth-order valence-corrected chi connectivity index (χ4v) is 8.17. The maximum Gasteiger partial charge on any atom is 0.0466 e. The van der Waals surface area contributed by atoms with E-state index in [9.17, 15) is 0 Å². The van der Waals surface area contributed by atoms with E-state index in [0.29, 0.717) is 0 Å². The molecule has 52 heavy (non-hydrogen) atoms. The van der Waals surface area contributed by atoms with Crippen LogP contribution >= 0.6 is 0 Å². The predicted octanol–water partition coefficient (Wildman–Crippen LogP) is 14.9. The predicted molar refractivity (Wildman–Crippen MR) is 228 cm³/mol. The fraction of sp³-hybridized carbons (Fsp3) is 0.480. The van der Waals surface area contributed by atoms with Crippen LogP contribution in [-0.2, 0) is 22.3 Å². The zero-order chi connectivity index (χ0) is 35.8. The highest BCUT2D eigenvalue weighted by atomic mass is 16.5. The van der Waals surface area contributed by atoms with Crippen LogP contribution in [-0.4, -0.2) is 26.4 Å². The van der Waals surface area contributed by atoms with Crippen molar-refractivity contribution in [3.05, 3.63) is 96.1 Å². The van der Waals surface area contributed by atoms with Gasteiger partial charge >= 0.3 is 0 Å². The largest absolute Gasteiger partial charge is 0.381 e. The molecule has 0 saturated heterocycles. The molecule has 2 heteroatoms. The maximum absolute atomic E-state index is 5.83. The van der Waals surface area contributed by atoms with Crippen molar-refractivity contribution in [2.75, 3.05) is 26.4 Å². The highest BCUT2D eigenvalue weighted by molar-refractivity contribution is 6.25. The van der Waals surface area contributed by atoms with Crippen LogP contribution in [0, 0.1) is 0 Å². The number of benzene rings is 6. The van der Waals surface area contributed by atoms with Crippen molar-refractivity contribution in [2.45, 2.75) is 129 Å². The molecule has 0 heterocycles. The summed E-state index contributed by atoms with van der Waals surface area (Å²) in [6, 6.07) is 33.1. The number of hydrogen-bond donors (Lipinski definition) is 0. The van der Waals surface area contributed by atoms with Gasteiger partial charge in [0.2, 0.25) is 0 Å². The number of unbranched alkanes of at least 4 members (excludes halogenated alkanes) is 12. The lowest BCUT2D eigenvalue weighted by Crippen LogP contribution is -1.97. The Morgan fingerprint density at radius 3 is 1.00 bits per heavy atom. The summed E-state index contributed by atoms with van der Waals surface area (Å²) in [4.78, 5) is 0. The second kappa shape index (κ2) is 20.7. The summed E-state index contributed by atoms with van der Waals surface area (Å²) in [6.45, 7) is 8.24. The van der Waals surface area contributed by atoms with E-state index in [2.05, 4.69) is 98.8 Å². The Morgan fingerprint density at radius 2 is 0.615 bits per heavy atom. The van der Waals surface area contributed by atoms with Crippen LogP contribution < -0.4 is 0 Å². The Hall–Kier alpha value is -3.46. The van der Waals surface area contributed by atoms with Gasteiger partial charge in [-0.2, -0.15) is 0 Å². The topological polar surface area (TPSA) is 18.5 Å². The summed E-state index contributed by atoms with van der Waals surface area (Å²) in [6.07, 6.45) is 22.6. The van der Waals surface area contributed by atoms with E-state index < -0.39 is 0 Å². The summed E-state index contributed by atoms with van der Waals surface area (Å²) in [5.41, 5.74) is 2.91. The van der Waals surface area contributed by atoms with Crippen molar-refractivity contribution in [3.63, 3.8) is 0 Å². The maximum atomic E-state index is 5.83. The zero-order valence-corrected chi connectivity index (χ0v) is 32.5. The van der Waals surface area contributed by atoms with Gasteiger partial charge in [-0.15, -0.1) is 0 Å². The molecule has 0 fully saturated rings. The molecular formula is C50H64O2. The lowest BCUT2D eigenvalue weighted by Gasteiger charge is -2.13. The van der Waals surface area contributed by atoms with Crippen molar-refractivity contribution in [2.24, 2.45) is 0 Å². The Kier molecular flexibility index (Phi) is 15.2. The van der Waals surface area contributed by atoms with Crippen LogP contribution in [0.1, 0.15) is 128 Å². The van der Waals surface area contributed by atoms with E-state index in [1.807, 2.05) is 0 Å². The highest BCUT2D eigenvalue weighted by Crippen LogP contribution is 2.37. The molecule has 0 radical (unpaired) electrons. The first-order chi connectivity index (χ1) is 25.8. The first kappa shape index (κ1) is 38.3. The number of hydrogen-bond acceptors (Lipinski definition) is 2. The van der Waals surface area contributed by atoms with E-state index in [0.717, 1.165) is 39.3 Å². The molecule has 0 spiro atoms. The zero-order valence-electron chi connectivity index (χ0n) is 32.5. The lowest BCUT2D eigenvalue weighted by atomic mass is 9.91. The normalized spacial score (nSPS) is 12.0. The summed E-state index contributed by atoms with van der Waals surface area (Å²) >= 11 is 0. The van der Waals surface area contributed by atoms with E-state index in [-0.39, 0.29) is 0 Å². The van der Waals surface area contributed by atoms with Gasteiger partial charge in [0, 0.05) is 26.4 Å². The van der Waals surface area contributed by atoms with Crippen LogP contribution in [0.5, 0.6) is 0 Å². The van der Waals surface area contributed by atoms with Crippen molar-refractivity contribution in [3.8, 4) is 0 Å². The van der Waals surface area contributed by atoms with Gasteiger partial charge in [0.05, 0.1) is 0 Å². The average Bonchev–Trinajstić information content (AvgIpc) is 3.18. The Bertz CT molecular complexity index is 1840. The van der Waals surface area contributed by atoms with Crippen LogP contribution in [0.2, 0.25) is 0 Å². The first-order valence-electron chi connectivity index (χ1n) is 21.1. The summed E-state index contributed by atoms with van der Waals surface area (Å²) in [5.74, 6) is 0. The quantitative estimate of drug-likeness (QED) is 0.0463. The Labute approximate surface area is 314 Å². The Morgan fingerprint density at radius 1 is 0.308 bits per heavy atom. The number of rotatable bonds is 24. The molecule has 0 atom stereocenters. The van der Waals surface area contributed by atoms with Crippen molar-refractivity contribution >= 4 is 53.9 Å². The third-order valence-electron chi connectivity index (χ3n) is 11.2. The van der Waals surface area contributed by atoms with Crippen molar-refractivity contribution < 1.29 is 9.47 Å². The average molecular weight is 697 g/mol. The third kappa shape index (κ3) is 10.4. The number of aryl methyl sites for hydroxylation is 2. The molecule has 0 saturated carbocycles. The minimum Gasteiger partial charge on any atom is -0.381 e. The summed E-state index contributed by atoms with van der Waals surface area (Å²) < 4.78 is 11.7. The SMILES string of the molecule is CCCCCCOCCCCCCc1ccc2c(ccc3c2ccc2c4ccc5cc(CCCCCCOCCCCCC)ccc5c4ccc32)c1. The molecule has 2 nitrogen and oxygen atoms in total. The molecule has 0 bridgehead atoms. The third-order valence-corrected chi connectivity index (χ3v) is 11.2. The van der Waals surface area contributed by atoms with Gasteiger partial charge in [0.1, 0.15) is 0 Å². The molecule has 6 aromatic carbocycles. The summed E-state index contributed by atoms with van der Waals surface area (Å²) in [5, 5.41) is 13.5. The Balaban J connectivity index is 1.03. The minimum absolute atomic E-state index is 0.924. The van der Waals surface area contributed by atoms with Crippen molar-refractivity contribution in [1.82, 2.24) is 0 Å². The fourth-order valence-electron chi connectivity index (χ4n) is 8.17. The molecule has 0 unspecified atom stereocenters. The molecule has 0 amide bonds. The van der Waals surface area contributed by atoms with Gasteiger partial charge in [-0.1, -0.05) is 163 Å². The molecule has 276 valence electrons. The van der Waals surface area contributed by atoms with Gasteiger partial charge in [-0.3, -0.25) is 0 Å². The van der Waals surface area contributed by atoms with Gasteiger partial charge in [-0.05, 0) is 116 Å².